The predicted molar refractivity (Wildman–Crippen MR) is 78.5 cm³/mol. The molecule has 0 aliphatic carbocycles. The molecule has 0 heterocycles. The molecule has 19 heavy (non-hydrogen) atoms. The Kier molecular flexibility index (Phi) is 5.55. The van der Waals surface area contributed by atoms with Crippen LogP contribution in [0, 0.1) is 12.3 Å². The van der Waals surface area contributed by atoms with E-state index in [9.17, 15) is 4.79 Å². The number of hydrogen-bond acceptors (Lipinski definition) is 3. The Bertz CT molecular complexity index is 428. The van der Waals surface area contributed by atoms with Gasteiger partial charge in [-0.1, -0.05) is 31.5 Å². The Morgan fingerprint density at radius 3 is 2.42 bits per heavy atom. The number of ketones is 1. The summed E-state index contributed by atoms with van der Waals surface area (Å²) in [6.07, 6.45) is 1.96. The molecule has 106 valence electrons. The Hall–Kier alpha value is -1.35. The van der Waals surface area contributed by atoms with E-state index >= 15 is 0 Å². The topological polar surface area (TPSA) is 52.3 Å². The first-order chi connectivity index (χ1) is 9.02. The normalized spacial score (nSPS) is 11.4. The third-order valence-corrected chi connectivity index (χ3v) is 4.12. The maximum atomic E-state index is 12.6. The summed E-state index contributed by atoms with van der Waals surface area (Å²) in [6.45, 7) is 6.49. The van der Waals surface area contributed by atoms with Crippen molar-refractivity contribution in [3.05, 3.63) is 29.3 Å². The van der Waals surface area contributed by atoms with E-state index in [2.05, 4.69) is 0 Å². The van der Waals surface area contributed by atoms with Crippen LogP contribution in [-0.4, -0.2) is 19.4 Å². The van der Waals surface area contributed by atoms with Crippen LogP contribution in [0.5, 0.6) is 5.75 Å². The lowest BCUT2D eigenvalue weighted by molar-refractivity contribution is -0.128. The zero-order valence-electron chi connectivity index (χ0n) is 12.5. The third-order valence-electron chi connectivity index (χ3n) is 4.12. The van der Waals surface area contributed by atoms with E-state index in [-0.39, 0.29) is 5.78 Å². The highest BCUT2D eigenvalue weighted by atomic mass is 16.5. The lowest BCUT2D eigenvalue weighted by Gasteiger charge is -2.28. The lowest BCUT2D eigenvalue weighted by Crippen LogP contribution is -2.38. The van der Waals surface area contributed by atoms with Gasteiger partial charge in [0.15, 0.2) is 0 Å². The molecule has 0 amide bonds. The fourth-order valence-corrected chi connectivity index (χ4v) is 2.45. The van der Waals surface area contributed by atoms with Gasteiger partial charge in [0.25, 0.3) is 0 Å². The van der Waals surface area contributed by atoms with Crippen LogP contribution in [0.15, 0.2) is 18.2 Å². The molecule has 1 rings (SSSR count). The Labute approximate surface area is 116 Å². The van der Waals surface area contributed by atoms with E-state index in [0.29, 0.717) is 13.0 Å². The van der Waals surface area contributed by atoms with Gasteiger partial charge in [0, 0.05) is 23.9 Å². The Balaban J connectivity index is 3.01. The molecule has 0 unspecified atom stereocenters. The second-order valence-electron chi connectivity index (χ2n) is 5.11. The van der Waals surface area contributed by atoms with E-state index in [1.165, 1.54) is 0 Å². The van der Waals surface area contributed by atoms with Crippen molar-refractivity contribution < 1.29 is 9.53 Å². The van der Waals surface area contributed by atoms with Crippen LogP contribution < -0.4 is 10.5 Å². The van der Waals surface area contributed by atoms with Gasteiger partial charge in [-0.15, -0.1) is 0 Å². The summed E-state index contributed by atoms with van der Waals surface area (Å²) in [4.78, 5) is 12.6. The molecule has 0 aliphatic heterocycles. The molecule has 0 saturated carbocycles. The van der Waals surface area contributed by atoms with Gasteiger partial charge in [-0.05, 0) is 25.8 Å². The zero-order valence-corrected chi connectivity index (χ0v) is 12.5. The summed E-state index contributed by atoms with van der Waals surface area (Å²) in [5.74, 6) is 0.987. The average molecular weight is 263 g/mol. The highest BCUT2D eigenvalue weighted by molar-refractivity contribution is 5.87. The fraction of sp³-hybridized carbons (Fsp3) is 0.562. The van der Waals surface area contributed by atoms with Crippen molar-refractivity contribution in [2.24, 2.45) is 11.1 Å². The van der Waals surface area contributed by atoms with Gasteiger partial charge in [-0.3, -0.25) is 4.79 Å². The van der Waals surface area contributed by atoms with Crippen molar-refractivity contribution in [1.29, 1.82) is 0 Å². The molecular formula is C16H25NO2. The van der Waals surface area contributed by atoms with E-state index in [0.717, 1.165) is 29.7 Å². The molecule has 0 fully saturated rings. The first kappa shape index (κ1) is 15.7. The van der Waals surface area contributed by atoms with Crippen molar-refractivity contribution in [2.45, 2.75) is 40.0 Å². The van der Waals surface area contributed by atoms with E-state index in [1.54, 1.807) is 7.11 Å². The first-order valence-corrected chi connectivity index (χ1v) is 6.89. The molecular weight excluding hydrogens is 238 g/mol. The number of rotatable bonds is 7. The molecule has 2 N–H and O–H groups in total. The molecule has 1 aromatic rings. The van der Waals surface area contributed by atoms with Crippen molar-refractivity contribution in [3.8, 4) is 5.75 Å². The highest BCUT2D eigenvalue weighted by Crippen LogP contribution is 2.30. The standard InChI is InChI=1S/C16H25NO2/c1-5-16(6-2,11-17)15(18)10-13-9-12(3)7-8-14(13)19-4/h7-9H,5-6,10-11,17H2,1-4H3. The van der Waals surface area contributed by atoms with Gasteiger partial charge in [0.1, 0.15) is 11.5 Å². The molecule has 3 nitrogen and oxygen atoms in total. The Morgan fingerprint density at radius 1 is 1.32 bits per heavy atom. The number of Topliss-reactive ketones (excluding diaryl/α,β-unsaturated/α-hetero) is 1. The lowest BCUT2D eigenvalue weighted by atomic mass is 9.76. The maximum absolute atomic E-state index is 12.6. The smallest absolute Gasteiger partial charge is 0.144 e. The van der Waals surface area contributed by atoms with E-state index in [4.69, 9.17) is 10.5 Å². The van der Waals surface area contributed by atoms with E-state index in [1.807, 2.05) is 39.0 Å². The molecule has 0 atom stereocenters. The number of aryl methyl sites for hydroxylation is 1. The number of ether oxygens (including phenoxy) is 1. The van der Waals surface area contributed by atoms with Gasteiger partial charge in [0.2, 0.25) is 0 Å². The number of nitrogens with two attached hydrogens (primary N) is 1. The van der Waals surface area contributed by atoms with Crippen LogP contribution in [0.4, 0.5) is 0 Å². The molecule has 0 saturated heterocycles. The minimum Gasteiger partial charge on any atom is -0.496 e. The largest absolute Gasteiger partial charge is 0.496 e. The summed E-state index contributed by atoms with van der Waals surface area (Å²) >= 11 is 0. The summed E-state index contributed by atoms with van der Waals surface area (Å²) < 4.78 is 5.33. The molecule has 1 aromatic carbocycles. The van der Waals surface area contributed by atoms with Crippen LogP contribution in [0.25, 0.3) is 0 Å². The molecule has 0 spiro atoms. The first-order valence-electron chi connectivity index (χ1n) is 6.89. The minimum absolute atomic E-state index is 0.212. The number of benzene rings is 1. The molecule has 0 radical (unpaired) electrons. The van der Waals surface area contributed by atoms with Gasteiger partial charge >= 0.3 is 0 Å². The number of hydrogen-bond donors (Lipinski definition) is 1. The third kappa shape index (κ3) is 3.35. The van der Waals surface area contributed by atoms with Crippen LogP contribution in [0.3, 0.4) is 0 Å². The van der Waals surface area contributed by atoms with Crippen LogP contribution >= 0.6 is 0 Å². The second kappa shape index (κ2) is 6.71. The van der Waals surface area contributed by atoms with E-state index < -0.39 is 5.41 Å². The quantitative estimate of drug-likeness (QED) is 0.823. The molecule has 0 aromatic heterocycles. The highest BCUT2D eigenvalue weighted by Gasteiger charge is 2.33. The summed E-state index contributed by atoms with van der Waals surface area (Å²) in [5, 5.41) is 0. The van der Waals surface area contributed by atoms with Crippen LogP contribution in [-0.2, 0) is 11.2 Å². The van der Waals surface area contributed by atoms with Gasteiger partial charge in [0.05, 0.1) is 7.11 Å². The number of carbonyl (C=O) groups excluding carboxylic acids is 1. The number of carbonyl (C=O) groups is 1. The molecule has 3 heteroatoms. The van der Waals surface area contributed by atoms with Crippen molar-refractivity contribution >= 4 is 5.78 Å². The summed E-state index contributed by atoms with van der Waals surface area (Å²) in [7, 11) is 1.63. The van der Waals surface area contributed by atoms with Crippen LogP contribution in [0.2, 0.25) is 0 Å². The summed E-state index contributed by atoms with van der Waals surface area (Å²) in [6, 6.07) is 5.92. The number of methoxy groups -OCH3 is 1. The van der Waals surface area contributed by atoms with Crippen molar-refractivity contribution in [2.75, 3.05) is 13.7 Å². The van der Waals surface area contributed by atoms with Crippen LogP contribution in [0.1, 0.15) is 37.8 Å². The minimum atomic E-state index is -0.394. The van der Waals surface area contributed by atoms with Gasteiger partial charge in [-0.25, -0.2) is 0 Å². The van der Waals surface area contributed by atoms with Crippen molar-refractivity contribution in [1.82, 2.24) is 0 Å². The predicted octanol–water partition coefficient (Wildman–Crippen LogP) is 2.88. The maximum Gasteiger partial charge on any atom is 0.144 e. The second-order valence-corrected chi connectivity index (χ2v) is 5.11. The zero-order chi connectivity index (χ0) is 14.5. The average Bonchev–Trinajstić information content (AvgIpc) is 2.41. The van der Waals surface area contributed by atoms with Crippen molar-refractivity contribution in [3.63, 3.8) is 0 Å². The molecule has 0 aliphatic rings. The van der Waals surface area contributed by atoms with Gasteiger partial charge in [-0.2, -0.15) is 0 Å². The van der Waals surface area contributed by atoms with Gasteiger partial charge < -0.3 is 10.5 Å². The SMILES string of the molecule is CCC(CC)(CN)C(=O)Cc1cc(C)ccc1OC. The fourth-order valence-electron chi connectivity index (χ4n) is 2.45. The monoisotopic (exact) mass is 263 g/mol. The Morgan fingerprint density at radius 2 is 1.95 bits per heavy atom. The summed E-state index contributed by atoms with van der Waals surface area (Å²) in [5.41, 5.74) is 7.52. The molecule has 0 bridgehead atoms.